The number of anilines is 2. The smallest absolute Gasteiger partial charge is 0.224 e. The summed E-state index contributed by atoms with van der Waals surface area (Å²) in [5.74, 6) is 1.78. The Hall–Kier alpha value is -2.83. The maximum atomic E-state index is 5.73. The standard InChI is InChI=1S/C14H16N6O/c1-20(7-9-3-5-10(21-2)6-4-9)13-11-12(17-8-16-11)18-14(15)19-13/h3-6,8H,7H2,1-2H3,(H3,15,16,17,18,19). The van der Waals surface area contributed by atoms with E-state index in [9.17, 15) is 0 Å². The summed E-state index contributed by atoms with van der Waals surface area (Å²) in [5, 5.41) is 0. The van der Waals surface area contributed by atoms with Gasteiger partial charge in [0.25, 0.3) is 0 Å². The Kier molecular flexibility index (Phi) is 3.31. The Morgan fingerprint density at radius 1 is 1.24 bits per heavy atom. The number of nitrogens with zero attached hydrogens (tertiary/aromatic N) is 4. The Morgan fingerprint density at radius 3 is 2.71 bits per heavy atom. The van der Waals surface area contributed by atoms with Gasteiger partial charge in [-0.25, -0.2) is 4.98 Å². The fraction of sp³-hybridized carbons (Fsp3) is 0.214. The molecule has 0 amide bonds. The molecule has 0 unspecified atom stereocenters. The SMILES string of the molecule is COc1ccc(CN(C)c2nc(N)nc3nc[nH]c23)cc1. The normalized spacial score (nSPS) is 10.8. The highest BCUT2D eigenvalue weighted by Crippen LogP contribution is 2.22. The van der Waals surface area contributed by atoms with E-state index in [2.05, 4.69) is 19.9 Å². The number of nitrogens with two attached hydrogens (primary N) is 1. The van der Waals surface area contributed by atoms with Crippen LogP contribution in [0, 0.1) is 0 Å². The zero-order valence-corrected chi connectivity index (χ0v) is 11.9. The number of nitrogen functional groups attached to an aromatic ring is 1. The molecule has 0 aliphatic rings. The van der Waals surface area contributed by atoms with Crippen LogP contribution in [0.5, 0.6) is 5.75 Å². The van der Waals surface area contributed by atoms with Crippen molar-refractivity contribution in [3.05, 3.63) is 36.2 Å². The number of nitrogens with one attached hydrogen (secondary N) is 1. The number of hydrogen-bond acceptors (Lipinski definition) is 6. The second kappa shape index (κ2) is 5.28. The average Bonchev–Trinajstić information content (AvgIpc) is 2.95. The molecule has 3 rings (SSSR count). The Bertz CT molecular complexity index is 752. The van der Waals surface area contributed by atoms with Gasteiger partial charge in [0.1, 0.15) is 11.3 Å². The topological polar surface area (TPSA) is 92.9 Å². The molecule has 7 nitrogen and oxygen atoms in total. The van der Waals surface area contributed by atoms with Crippen LogP contribution in [0.15, 0.2) is 30.6 Å². The third kappa shape index (κ3) is 2.58. The van der Waals surface area contributed by atoms with E-state index in [1.807, 2.05) is 36.2 Å². The van der Waals surface area contributed by atoms with Crippen LogP contribution in [0.1, 0.15) is 5.56 Å². The summed E-state index contributed by atoms with van der Waals surface area (Å²) in [5.41, 5.74) is 8.22. The number of rotatable bonds is 4. The Balaban J connectivity index is 1.89. The van der Waals surface area contributed by atoms with E-state index in [1.165, 1.54) is 0 Å². The first-order chi connectivity index (χ1) is 10.2. The minimum Gasteiger partial charge on any atom is -0.497 e. The van der Waals surface area contributed by atoms with E-state index in [1.54, 1.807) is 13.4 Å². The summed E-state index contributed by atoms with van der Waals surface area (Å²) < 4.78 is 5.16. The number of imidazole rings is 1. The monoisotopic (exact) mass is 284 g/mol. The van der Waals surface area contributed by atoms with Gasteiger partial charge in [-0.15, -0.1) is 0 Å². The summed E-state index contributed by atoms with van der Waals surface area (Å²) in [7, 11) is 3.60. The predicted molar refractivity (Wildman–Crippen MR) is 81.2 cm³/mol. The number of benzene rings is 1. The average molecular weight is 284 g/mol. The van der Waals surface area contributed by atoms with Gasteiger partial charge in [0.2, 0.25) is 5.95 Å². The van der Waals surface area contributed by atoms with E-state index >= 15 is 0 Å². The van der Waals surface area contributed by atoms with Crippen molar-refractivity contribution in [1.29, 1.82) is 0 Å². The molecular formula is C14H16N6O. The maximum Gasteiger partial charge on any atom is 0.224 e. The highest BCUT2D eigenvalue weighted by molar-refractivity contribution is 5.83. The highest BCUT2D eigenvalue weighted by Gasteiger charge is 2.12. The van der Waals surface area contributed by atoms with Gasteiger partial charge < -0.3 is 20.4 Å². The number of H-pyrrole nitrogens is 1. The first kappa shape index (κ1) is 13.2. The van der Waals surface area contributed by atoms with Crippen LogP contribution in [0.4, 0.5) is 11.8 Å². The lowest BCUT2D eigenvalue weighted by atomic mass is 10.2. The number of aromatic amines is 1. The molecule has 0 radical (unpaired) electrons. The lowest BCUT2D eigenvalue weighted by molar-refractivity contribution is 0.414. The quantitative estimate of drug-likeness (QED) is 0.755. The zero-order valence-electron chi connectivity index (χ0n) is 11.9. The molecule has 3 N–H and O–H groups in total. The molecule has 2 heterocycles. The Morgan fingerprint density at radius 2 is 2.00 bits per heavy atom. The Labute approximate surface area is 121 Å². The number of fused-ring (bicyclic) bond motifs is 1. The fourth-order valence-electron chi connectivity index (χ4n) is 2.19. The minimum atomic E-state index is 0.214. The van der Waals surface area contributed by atoms with Gasteiger partial charge in [-0.3, -0.25) is 0 Å². The van der Waals surface area contributed by atoms with Crippen molar-refractivity contribution in [2.75, 3.05) is 24.8 Å². The largest absolute Gasteiger partial charge is 0.497 e. The molecule has 21 heavy (non-hydrogen) atoms. The number of aromatic nitrogens is 4. The summed E-state index contributed by atoms with van der Waals surface area (Å²) in [6.45, 7) is 0.689. The molecule has 0 spiro atoms. The molecule has 0 atom stereocenters. The molecule has 0 saturated heterocycles. The first-order valence-electron chi connectivity index (χ1n) is 6.48. The molecule has 3 aromatic rings. The zero-order chi connectivity index (χ0) is 14.8. The molecule has 1 aromatic carbocycles. The van der Waals surface area contributed by atoms with Gasteiger partial charge in [-0.05, 0) is 17.7 Å². The number of methoxy groups -OCH3 is 1. The van der Waals surface area contributed by atoms with Crippen molar-refractivity contribution in [2.24, 2.45) is 0 Å². The van der Waals surface area contributed by atoms with Crippen LogP contribution in [-0.4, -0.2) is 34.1 Å². The second-order valence-electron chi connectivity index (χ2n) is 4.71. The molecule has 0 saturated carbocycles. The van der Waals surface area contributed by atoms with Crippen LogP contribution >= 0.6 is 0 Å². The van der Waals surface area contributed by atoms with Gasteiger partial charge >= 0.3 is 0 Å². The van der Waals surface area contributed by atoms with Gasteiger partial charge in [0, 0.05) is 13.6 Å². The van der Waals surface area contributed by atoms with Crippen molar-refractivity contribution in [3.8, 4) is 5.75 Å². The molecule has 108 valence electrons. The van der Waals surface area contributed by atoms with E-state index in [0.717, 1.165) is 22.6 Å². The van der Waals surface area contributed by atoms with Crippen LogP contribution < -0.4 is 15.4 Å². The molecule has 0 bridgehead atoms. The molecule has 7 heteroatoms. The van der Waals surface area contributed by atoms with Crippen LogP contribution in [0.2, 0.25) is 0 Å². The summed E-state index contributed by atoms with van der Waals surface area (Å²) in [4.78, 5) is 17.6. The molecule has 2 aromatic heterocycles. The predicted octanol–water partition coefficient (Wildman–Crippen LogP) is 1.58. The fourth-order valence-corrected chi connectivity index (χ4v) is 2.19. The van der Waals surface area contributed by atoms with Crippen molar-refractivity contribution >= 4 is 22.9 Å². The van der Waals surface area contributed by atoms with Gasteiger partial charge in [-0.2, -0.15) is 9.97 Å². The molecule has 0 aliphatic heterocycles. The first-order valence-corrected chi connectivity index (χ1v) is 6.48. The maximum absolute atomic E-state index is 5.73. The van der Waals surface area contributed by atoms with Crippen molar-refractivity contribution in [2.45, 2.75) is 6.54 Å². The van der Waals surface area contributed by atoms with E-state index in [-0.39, 0.29) is 5.95 Å². The minimum absolute atomic E-state index is 0.214. The van der Waals surface area contributed by atoms with Crippen LogP contribution in [-0.2, 0) is 6.54 Å². The lowest BCUT2D eigenvalue weighted by Crippen LogP contribution is -2.19. The number of hydrogen-bond donors (Lipinski definition) is 2. The van der Waals surface area contributed by atoms with Gasteiger partial charge in [0.05, 0.1) is 13.4 Å². The summed E-state index contributed by atoms with van der Waals surface area (Å²) in [6.07, 6.45) is 1.59. The van der Waals surface area contributed by atoms with E-state index in [4.69, 9.17) is 10.5 Å². The van der Waals surface area contributed by atoms with E-state index in [0.29, 0.717) is 12.2 Å². The van der Waals surface area contributed by atoms with E-state index < -0.39 is 0 Å². The lowest BCUT2D eigenvalue weighted by Gasteiger charge is -2.19. The van der Waals surface area contributed by atoms with Gasteiger partial charge in [-0.1, -0.05) is 12.1 Å². The highest BCUT2D eigenvalue weighted by atomic mass is 16.5. The summed E-state index contributed by atoms with van der Waals surface area (Å²) >= 11 is 0. The third-order valence-electron chi connectivity index (χ3n) is 3.22. The molecule has 0 fully saturated rings. The third-order valence-corrected chi connectivity index (χ3v) is 3.22. The van der Waals surface area contributed by atoms with Crippen molar-refractivity contribution < 1.29 is 4.74 Å². The van der Waals surface area contributed by atoms with Crippen LogP contribution in [0.3, 0.4) is 0 Å². The van der Waals surface area contributed by atoms with Crippen molar-refractivity contribution in [3.63, 3.8) is 0 Å². The van der Waals surface area contributed by atoms with Crippen molar-refractivity contribution in [1.82, 2.24) is 19.9 Å². The summed E-state index contributed by atoms with van der Waals surface area (Å²) in [6, 6.07) is 7.90. The second-order valence-corrected chi connectivity index (χ2v) is 4.71. The number of ether oxygens (including phenoxy) is 1. The molecule has 0 aliphatic carbocycles. The van der Waals surface area contributed by atoms with Crippen LogP contribution in [0.25, 0.3) is 11.2 Å². The molecular weight excluding hydrogens is 268 g/mol. The van der Waals surface area contributed by atoms with Gasteiger partial charge in [0.15, 0.2) is 11.5 Å².